The van der Waals surface area contributed by atoms with Gasteiger partial charge in [-0.3, -0.25) is 4.79 Å². The molecule has 1 amide bonds. The van der Waals surface area contributed by atoms with Gasteiger partial charge >= 0.3 is 0 Å². The molecule has 3 rings (SSSR count). The molecule has 0 saturated carbocycles. The first-order chi connectivity index (χ1) is 12.7. The number of amides is 1. The van der Waals surface area contributed by atoms with E-state index in [0.717, 1.165) is 29.0 Å². The number of aromatic amines is 1. The lowest BCUT2D eigenvalue weighted by molar-refractivity contribution is -0.118. The van der Waals surface area contributed by atoms with Crippen molar-refractivity contribution >= 4 is 28.7 Å². The molecule has 2 aromatic carbocycles. The lowest BCUT2D eigenvalue weighted by Gasteiger charge is -2.09. The number of benzene rings is 2. The fraction of sp³-hybridized carbons (Fsp3) is 0.300. The quantitative estimate of drug-likeness (QED) is 0.635. The van der Waals surface area contributed by atoms with Gasteiger partial charge < -0.3 is 15.0 Å². The largest absolute Gasteiger partial charge is 0.497 e. The highest BCUT2D eigenvalue weighted by atomic mass is 32.2. The van der Waals surface area contributed by atoms with Gasteiger partial charge in [-0.15, -0.1) is 11.8 Å². The van der Waals surface area contributed by atoms with Crippen molar-refractivity contribution < 1.29 is 9.53 Å². The first-order valence-electron chi connectivity index (χ1n) is 8.61. The molecule has 2 N–H and O–H groups in total. The number of H-pyrrole nitrogens is 1. The average molecular weight is 369 g/mol. The summed E-state index contributed by atoms with van der Waals surface area (Å²) in [5, 5.41) is 3.11. The van der Waals surface area contributed by atoms with E-state index in [9.17, 15) is 4.79 Å². The smallest absolute Gasteiger partial charge is 0.230 e. The summed E-state index contributed by atoms with van der Waals surface area (Å²) in [6.07, 6.45) is 0.805. The van der Waals surface area contributed by atoms with Crippen LogP contribution in [0, 0.1) is 0 Å². The van der Waals surface area contributed by atoms with E-state index in [4.69, 9.17) is 4.74 Å². The third kappa shape index (κ3) is 4.79. The van der Waals surface area contributed by atoms with Crippen molar-refractivity contribution in [2.75, 3.05) is 19.4 Å². The lowest BCUT2D eigenvalue weighted by atomic mass is 10.1. The van der Waals surface area contributed by atoms with Gasteiger partial charge in [0.15, 0.2) is 0 Å². The topological polar surface area (TPSA) is 67.0 Å². The Morgan fingerprint density at radius 1 is 1.23 bits per heavy atom. The number of carbonyl (C=O) groups excluding carboxylic acids is 1. The van der Waals surface area contributed by atoms with E-state index in [2.05, 4.69) is 22.2 Å². The zero-order chi connectivity index (χ0) is 18.4. The normalized spacial score (nSPS) is 12.1. The van der Waals surface area contributed by atoms with Crippen LogP contribution in [0.5, 0.6) is 5.75 Å². The molecular weight excluding hydrogens is 346 g/mol. The maximum absolute atomic E-state index is 12.1. The van der Waals surface area contributed by atoms with E-state index < -0.39 is 0 Å². The second-order valence-electron chi connectivity index (χ2n) is 6.04. The zero-order valence-electron chi connectivity index (χ0n) is 15.0. The number of rotatable bonds is 8. The minimum atomic E-state index is 0.0477. The standard InChI is InChI=1S/C20H23N3O2S/c1-14(20-22-17-5-3-4-6-18(17)23-20)26-13-19(24)21-12-11-15-7-9-16(25-2)10-8-15/h3-10,14H,11-13H2,1-2H3,(H,21,24)(H,22,23)/t14-/m0/s1. The van der Waals surface area contributed by atoms with Crippen LogP contribution in [0.2, 0.25) is 0 Å². The number of nitrogens with zero attached hydrogens (tertiary/aromatic N) is 1. The monoisotopic (exact) mass is 369 g/mol. The zero-order valence-corrected chi connectivity index (χ0v) is 15.8. The number of fused-ring (bicyclic) bond motifs is 1. The molecule has 0 radical (unpaired) electrons. The Labute approximate surface area is 157 Å². The fourth-order valence-electron chi connectivity index (χ4n) is 2.63. The minimum Gasteiger partial charge on any atom is -0.497 e. The van der Waals surface area contributed by atoms with Crippen LogP contribution < -0.4 is 10.1 Å². The van der Waals surface area contributed by atoms with Gasteiger partial charge in [-0.1, -0.05) is 24.3 Å². The summed E-state index contributed by atoms with van der Waals surface area (Å²) in [6, 6.07) is 15.9. The SMILES string of the molecule is COc1ccc(CCNC(=O)CS[C@@H](C)c2nc3ccccc3[nH]2)cc1. The number of imidazole rings is 1. The molecule has 0 fully saturated rings. The van der Waals surface area contributed by atoms with Gasteiger partial charge in [0.25, 0.3) is 0 Å². The maximum atomic E-state index is 12.1. The Morgan fingerprint density at radius 2 is 2.00 bits per heavy atom. The predicted octanol–water partition coefficient (Wildman–Crippen LogP) is 3.72. The van der Waals surface area contributed by atoms with Crippen LogP contribution in [-0.4, -0.2) is 35.3 Å². The summed E-state index contributed by atoms with van der Waals surface area (Å²) in [6.45, 7) is 2.69. The molecule has 1 atom stereocenters. The number of methoxy groups -OCH3 is 1. The Kier molecular flexibility index (Phi) is 6.17. The fourth-order valence-corrected chi connectivity index (χ4v) is 3.41. The third-order valence-electron chi connectivity index (χ3n) is 4.15. The number of thioether (sulfide) groups is 1. The second-order valence-corrected chi connectivity index (χ2v) is 7.37. The van der Waals surface area contributed by atoms with Gasteiger partial charge in [-0.25, -0.2) is 4.98 Å². The molecule has 0 aliphatic rings. The molecule has 1 aromatic heterocycles. The van der Waals surface area contributed by atoms with E-state index in [-0.39, 0.29) is 11.2 Å². The first-order valence-corrected chi connectivity index (χ1v) is 9.66. The Bertz CT molecular complexity index is 828. The van der Waals surface area contributed by atoms with E-state index in [1.807, 2.05) is 48.5 Å². The second kappa shape index (κ2) is 8.76. The number of para-hydroxylation sites is 2. The van der Waals surface area contributed by atoms with Crippen molar-refractivity contribution in [1.29, 1.82) is 0 Å². The molecule has 0 aliphatic heterocycles. The molecule has 3 aromatic rings. The Hall–Kier alpha value is -2.47. The third-order valence-corrected chi connectivity index (χ3v) is 5.30. The van der Waals surface area contributed by atoms with Crippen molar-refractivity contribution in [1.82, 2.24) is 15.3 Å². The predicted molar refractivity (Wildman–Crippen MR) is 107 cm³/mol. The van der Waals surface area contributed by atoms with Crippen molar-refractivity contribution in [2.45, 2.75) is 18.6 Å². The average Bonchev–Trinajstić information content (AvgIpc) is 3.11. The lowest BCUT2D eigenvalue weighted by Crippen LogP contribution is -2.27. The summed E-state index contributed by atoms with van der Waals surface area (Å²) in [7, 11) is 1.65. The summed E-state index contributed by atoms with van der Waals surface area (Å²) in [5.74, 6) is 2.21. The van der Waals surface area contributed by atoms with Crippen LogP contribution in [0.4, 0.5) is 0 Å². The molecule has 26 heavy (non-hydrogen) atoms. The molecule has 0 aliphatic carbocycles. The van der Waals surface area contributed by atoms with Gasteiger partial charge in [0.1, 0.15) is 11.6 Å². The number of hydrogen-bond acceptors (Lipinski definition) is 4. The van der Waals surface area contributed by atoms with Crippen LogP contribution in [0.15, 0.2) is 48.5 Å². The number of carbonyl (C=O) groups is 1. The summed E-state index contributed by atoms with van der Waals surface area (Å²) in [5.41, 5.74) is 3.16. The van der Waals surface area contributed by atoms with Gasteiger partial charge in [-0.05, 0) is 43.2 Å². The highest BCUT2D eigenvalue weighted by Crippen LogP contribution is 2.27. The Morgan fingerprint density at radius 3 is 2.73 bits per heavy atom. The van der Waals surface area contributed by atoms with Gasteiger partial charge in [0, 0.05) is 6.54 Å². The number of hydrogen-bond donors (Lipinski definition) is 2. The van der Waals surface area contributed by atoms with E-state index in [0.29, 0.717) is 12.3 Å². The molecular formula is C20H23N3O2S. The molecule has 0 spiro atoms. The van der Waals surface area contributed by atoms with Crippen LogP contribution in [0.25, 0.3) is 11.0 Å². The molecule has 0 saturated heterocycles. The van der Waals surface area contributed by atoms with Gasteiger partial charge in [-0.2, -0.15) is 0 Å². The summed E-state index contributed by atoms with van der Waals surface area (Å²) < 4.78 is 5.14. The molecule has 0 bridgehead atoms. The van der Waals surface area contributed by atoms with Crippen LogP contribution in [-0.2, 0) is 11.2 Å². The van der Waals surface area contributed by atoms with Gasteiger partial charge in [0.2, 0.25) is 5.91 Å². The molecule has 6 heteroatoms. The number of ether oxygens (including phenoxy) is 1. The number of nitrogens with one attached hydrogen (secondary N) is 2. The van der Waals surface area contributed by atoms with Crippen molar-refractivity contribution in [3.8, 4) is 5.75 Å². The van der Waals surface area contributed by atoms with Crippen LogP contribution in [0.3, 0.4) is 0 Å². The number of aromatic nitrogens is 2. The first kappa shape index (κ1) is 18.3. The molecule has 5 nitrogen and oxygen atoms in total. The van der Waals surface area contributed by atoms with Crippen molar-refractivity contribution in [3.05, 3.63) is 59.9 Å². The Balaban J connectivity index is 1.41. The summed E-state index contributed by atoms with van der Waals surface area (Å²) in [4.78, 5) is 20.0. The molecule has 136 valence electrons. The molecule has 1 heterocycles. The van der Waals surface area contributed by atoms with Crippen molar-refractivity contribution in [2.24, 2.45) is 0 Å². The van der Waals surface area contributed by atoms with Crippen molar-refractivity contribution in [3.63, 3.8) is 0 Å². The van der Waals surface area contributed by atoms with E-state index >= 15 is 0 Å². The molecule has 0 unspecified atom stereocenters. The highest BCUT2D eigenvalue weighted by Gasteiger charge is 2.13. The maximum Gasteiger partial charge on any atom is 0.230 e. The minimum absolute atomic E-state index is 0.0477. The van der Waals surface area contributed by atoms with Crippen LogP contribution >= 0.6 is 11.8 Å². The van der Waals surface area contributed by atoms with Crippen LogP contribution in [0.1, 0.15) is 23.6 Å². The highest BCUT2D eigenvalue weighted by molar-refractivity contribution is 8.00. The van der Waals surface area contributed by atoms with E-state index in [1.54, 1.807) is 18.9 Å². The van der Waals surface area contributed by atoms with Gasteiger partial charge in [0.05, 0.1) is 29.1 Å². The van der Waals surface area contributed by atoms with E-state index in [1.165, 1.54) is 5.56 Å². The summed E-state index contributed by atoms with van der Waals surface area (Å²) >= 11 is 1.58.